The van der Waals surface area contributed by atoms with E-state index < -0.39 is 86.4 Å². The first-order valence-corrected chi connectivity index (χ1v) is 18.9. The van der Waals surface area contributed by atoms with E-state index in [4.69, 9.17) is 18.9 Å². The number of carbonyl (C=O) groups is 6. The van der Waals surface area contributed by atoms with Gasteiger partial charge in [0.1, 0.15) is 30.3 Å². The van der Waals surface area contributed by atoms with Crippen molar-refractivity contribution in [3.05, 3.63) is 46.1 Å². The molecule has 1 unspecified atom stereocenters. The summed E-state index contributed by atoms with van der Waals surface area (Å²) in [5.41, 5.74) is -5.08. The molecule has 9 aliphatic rings. The number of esters is 5. The molecule has 0 aromatic carbocycles. The van der Waals surface area contributed by atoms with E-state index in [0.29, 0.717) is 18.4 Å². The van der Waals surface area contributed by atoms with Gasteiger partial charge in [-0.3, -0.25) is 19.2 Å². The lowest BCUT2D eigenvalue weighted by atomic mass is 9.38. The number of hydrogen-bond acceptors (Lipinski definition) is 13. The Morgan fingerprint density at radius 2 is 1.63 bits per heavy atom. The van der Waals surface area contributed by atoms with E-state index in [-0.39, 0.29) is 72.9 Å². The first-order valence-electron chi connectivity index (χ1n) is 18.9. The number of aliphatic hydroxyl groups excluding tert-OH is 1. The summed E-state index contributed by atoms with van der Waals surface area (Å²) >= 11 is 0. The molecule has 4 saturated carbocycles. The van der Waals surface area contributed by atoms with Gasteiger partial charge in [-0.25, -0.2) is 9.59 Å². The van der Waals surface area contributed by atoms with E-state index in [2.05, 4.69) is 18.2 Å². The Kier molecular flexibility index (Phi) is 6.98. The number of fused-ring (bicyclic) bond motifs is 7. The molecule has 0 bridgehead atoms. The van der Waals surface area contributed by atoms with Crippen molar-refractivity contribution in [3.8, 4) is 0 Å². The third kappa shape index (κ3) is 3.61. The highest BCUT2D eigenvalue weighted by molar-refractivity contribution is 6.13. The molecule has 0 amide bonds. The van der Waals surface area contributed by atoms with Crippen LogP contribution in [0.5, 0.6) is 0 Å². The van der Waals surface area contributed by atoms with E-state index >= 15 is 0 Å². The van der Waals surface area contributed by atoms with Crippen LogP contribution in [0.1, 0.15) is 66.2 Å². The highest BCUT2D eigenvalue weighted by atomic mass is 16.6. The van der Waals surface area contributed by atoms with Crippen LogP contribution in [0.3, 0.4) is 0 Å². The van der Waals surface area contributed by atoms with Crippen molar-refractivity contribution in [1.29, 1.82) is 0 Å². The van der Waals surface area contributed by atoms with Gasteiger partial charge in [-0.05, 0) is 86.2 Å². The Labute approximate surface area is 312 Å². The van der Waals surface area contributed by atoms with Crippen LogP contribution in [0.15, 0.2) is 46.1 Å². The molecule has 9 rings (SSSR count). The molecule has 13 atom stereocenters. The van der Waals surface area contributed by atoms with E-state index in [0.717, 1.165) is 17.6 Å². The number of rotatable bonds is 9. The first-order chi connectivity index (χ1) is 25.4. The highest BCUT2D eigenvalue weighted by Gasteiger charge is 2.93. The van der Waals surface area contributed by atoms with Crippen molar-refractivity contribution in [2.45, 2.75) is 83.5 Å². The summed E-state index contributed by atoms with van der Waals surface area (Å²) in [6, 6.07) is 0. The van der Waals surface area contributed by atoms with Gasteiger partial charge < -0.3 is 33.9 Å². The second kappa shape index (κ2) is 10.6. The third-order valence-electron chi connectivity index (χ3n) is 16.3. The lowest BCUT2D eigenvalue weighted by molar-refractivity contribution is -0.225. The minimum Gasteiger partial charge on any atom is -0.469 e. The fourth-order valence-electron chi connectivity index (χ4n) is 13.8. The van der Waals surface area contributed by atoms with Crippen LogP contribution < -0.4 is 0 Å². The summed E-state index contributed by atoms with van der Waals surface area (Å²) in [5.74, 6) is -5.03. The van der Waals surface area contributed by atoms with Crippen LogP contribution in [0, 0.1) is 57.2 Å². The molecule has 54 heavy (non-hydrogen) atoms. The van der Waals surface area contributed by atoms with Crippen LogP contribution in [0.25, 0.3) is 0 Å². The summed E-state index contributed by atoms with van der Waals surface area (Å²) in [6.07, 6.45) is 1.71. The zero-order chi connectivity index (χ0) is 38.9. The minimum absolute atomic E-state index is 0.0239. The van der Waals surface area contributed by atoms with Gasteiger partial charge in [-0.1, -0.05) is 26.0 Å². The molecule has 13 nitrogen and oxygen atoms in total. The quantitative estimate of drug-likeness (QED) is 0.199. The van der Waals surface area contributed by atoms with E-state index in [1.54, 1.807) is 6.92 Å². The van der Waals surface area contributed by atoms with Crippen LogP contribution in [0.4, 0.5) is 0 Å². The summed E-state index contributed by atoms with van der Waals surface area (Å²) in [4.78, 5) is 79.9. The molecule has 288 valence electrons. The monoisotopic (exact) mass is 746 g/mol. The molecule has 1 spiro atoms. The number of aliphatic hydroxyl groups is 2. The van der Waals surface area contributed by atoms with Gasteiger partial charge >= 0.3 is 29.8 Å². The standard InChI is InChI=1S/C41H46O13/c1-17(10-11-52-27(43)9-8-26(42)50-6)33(46)53-16-39(49)23-14-22(23)36(3)24-13-20-19-12-21(19)37(4)28(20)29-30(31(44)32(37)45)38(5,35(48)51-7)40(15-25(36)39)18(2)34(47)54-41(24,29)40/h10,19,21-25,32,45,49H,2,8-9,11-16H2,1,3-7H3/b17-10+/t19-,21-,22-,23+,24+,25?,32+,36-,37+,38+,39+,40-,41+/m1/s1. The van der Waals surface area contributed by atoms with Gasteiger partial charge in [0.15, 0.2) is 11.4 Å². The number of methoxy groups -OCH3 is 2. The SMILES string of the molecule is C=C1C(=O)O[C@]23C4=C5C(=O)[C@H](O)[C@]6(C)C4=C(C[C@H]2[C@]2(C)C(C[C@]13[C@]5(C)C(=O)OC)[C@](O)(COC(=O)/C(C)=C/COC(=O)CCC(=O)OC)[C@H]1C[C@H]12)[C@H]1C[C@H]16. The molecule has 1 heterocycles. The molecule has 1 saturated heterocycles. The smallest absolute Gasteiger partial charge is 0.335 e. The second-order valence-electron chi connectivity index (χ2n) is 17.8. The topological polar surface area (TPSA) is 189 Å². The number of Topliss-reactive ketones (excluding diaryl/α,β-unsaturated/α-hetero) is 1. The number of allylic oxidation sites excluding steroid dienone is 1. The molecule has 0 radical (unpaired) electrons. The van der Waals surface area contributed by atoms with Crippen molar-refractivity contribution in [2.75, 3.05) is 27.4 Å². The minimum atomic E-state index is -1.80. The number of hydrogen-bond donors (Lipinski definition) is 2. The van der Waals surface area contributed by atoms with Crippen molar-refractivity contribution in [1.82, 2.24) is 0 Å². The maximum absolute atomic E-state index is 14.7. The third-order valence-corrected chi connectivity index (χ3v) is 16.3. The predicted molar refractivity (Wildman–Crippen MR) is 183 cm³/mol. The maximum Gasteiger partial charge on any atom is 0.335 e. The van der Waals surface area contributed by atoms with E-state index in [1.807, 2.05) is 6.92 Å². The molecule has 0 aromatic rings. The molecule has 13 heteroatoms. The Morgan fingerprint density at radius 3 is 2.31 bits per heavy atom. The highest BCUT2D eigenvalue weighted by Crippen LogP contribution is 2.89. The molecule has 2 N–H and O–H groups in total. The van der Waals surface area contributed by atoms with E-state index in [9.17, 15) is 39.0 Å². The number of carbonyl (C=O) groups excluding carboxylic acids is 6. The van der Waals surface area contributed by atoms with Crippen molar-refractivity contribution in [3.63, 3.8) is 0 Å². The Hall–Kier alpha value is -4.10. The second-order valence-corrected chi connectivity index (χ2v) is 17.8. The van der Waals surface area contributed by atoms with E-state index in [1.165, 1.54) is 27.2 Å². The lowest BCUT2D eigenvalue weighted by Crippen LogP contribution is -2.69. The Bertz CT molecular complexity index is 2020. The van der Waals surface area contributed by atoms with Gasteiger partial charge in [0, 0.05) is 33.6 Å². The summed E-state index contributed by atoms with van der Waals surface area (Å²) < 4.78 is 27.7. The molecular weight excluding hydrogens is 700 g/mol. The molecule has 1 aliphatic heterocycles. The molecule has 8 aliphatic carbocycles. The zero-order valence-corrected chi connectivity index (χ0v) is 31.4. The fourth-order valence-corrected chi connectivity index (χ4v) is 13.8. The normalized spacial score (nSPS) is 46.6. The average Bonchev–Trinajstić information content (AvgIpc) is 4.06. The lowest BCUT2D eigenvalue weighted by Gasteiger charge is -2.64. The van der Waals surface area contributed by atoms with Gasteiger partial charge in [0.2, 0.25) is 0 Å². The van der Waals surface area contributed by atoms with Crippen molar-refractivity contribution < 1.29 is 62.7 Å². The Morgan fingerprint density at radius 1 is 0.926 bits per heavy atom. The fraction of sp³-hybridized carbons (Fsp3) is 0.659. The number of ether oxygens (including phenoxy) is 5. The predicted octanol–water partition coefficient (Wildman–Crippen LogP) is 2.62. The summed E-state index contributed by atoms with van der Waals surface area (Å²) in [6.45, 7) is 10.9. The zero-order valence-electron chi connectivity index (χ0n) is 31.4. The molecular formula is C41H46O13. The van der Waals surface area contributed by atoms with Crippen LogP contribution >= 0.6 is 0 Å². The van der Waals surface area contributed by atoms with Gasteiger partial charge in [0.25, 0.3) is 0 Å². The Balaban J connectivity index is 1.10. The summed E-state index contributed by atoms with van der Waals surface area (Å²) in [5, 5.41) is 24.8. The maximum atomic E-state index is 14.7. The molecule has 0 aromatic heterocycles. The van der Waals surface area contributed by atoms with Gasteiger partial charge in [-0.15, -0.1) is 0 Å². The van der Waals surface area contributed by atoms with Gasteiger partial charge in [-0.2, -0.15) is 0 Å². The first kappa shape index (κ1) is 35.6. The van der Waals surface area contributed by atoms with Crippen molar-refractivity contribution >= 4 is 35.6 Å². The van der Waals surface area contributed by atoms with Crippen LogP contribution in [-0.4, -0.2) is 90.6 Å². The van der Waals surface area contributed by atoms with Crippen molar-refractivity contribution in [2.24, 2.45) is 57.2 Å². The summed E-state index contributed by atoms with van der Waals surface area (Å²) in [7, 11) is 2.46. The number of ketones is 1. The van der Waals surface area contributed by atoms with Crippen LogP contribution in [-0.2, 0) is 52.5 Å². The average molecular weight is 747 g/mol. The molecule has 5 fully saturated rings. The van der Waals surface area contributed by atoms with Crippen LogP contribution in [0.2, 0.25) is 0 Å². The largest absolute Gasteiger partial charge is 0.469 e. The van der Waals surface area contributed by atoms with Gasteiger partial charge in [0.05, 0.1) is 32.5 Å².